The van der Waals surface area contributed by atoms with Gasteiger partial charge in [-0.1, -0.05) is 47.5 Å². The summed E-state index contributed by atoms with van der Waals surface area (Å²) in [5.41, 5.74) is 6.62. The summed E-state index contributed by atoms with van der Waals surface area (Å²) in [4.78, 5) is 0. The maximum absolute atomic E-state index is 12.8. The monoisotopic (exact) mass is 388 g/mol. The van der Waals surface area contributed by atoms with Crippen LogP contribution in [0.5, 0.6) is 0 Å². The topological polar surface area (TPSA) is 72.2 Å². The summed E-state index contributed by atoms with van der Waals surface area (Å²) in [7, 11) is -3.61. The van der Waals surface area contributed by atoms with E-state index in [0.29, 0.717) is 21.2 Å². The number of rotatable bonds is 5. The zero-order valence-corrected chi connectivity index (χ0v) is 15.0. The van der Waals surface area contributed by atoms with Gasteiger partial charge in [0.05, 0.1) is 5.75 Å². The Morgan fingerprint density at radius 2 is 1.52 bits per heavy atom. The highest BCUT2D eigenvalue weighted by atomic mass is 35.5. The number of hydrogen-bond donors (Lipinski definition) is 2. The molecule has 122 valence electrons. The van der Waals surface area contributed by atoms with Crippen molar-refractivity contribution in [1.82, 2.24) is 5.32 Å². The van der Waals surface area contributed by atoms with E-state index in [1.54, 1.807) is 48.5 Å². The Morgan fingerprint density at radius 3 is 2.00 bits per heavy atom. The second kappa shape index (κ2) is 7.49. The first-order chi connectivity index (χ1) is 10.8. The van der Waals surface area contributed by atoms with Gasteiger partial charge in [-0.25, -0.2) is 8.42 Å². The Kier molecular flexibility index (Phi) is 5.86. The van der Waals surface area contributed by atoms with E-state index in [0.717, 1.165) is 0 Å². The van der Waals surface area contributed by atoms with E-state index in [-0.39, 0.29) is 10.9 Å². The first-order valence-electron chi connectivity index (χ1n) is 6.55. The van der Waals surface area contributed by atoms with Gasteiger partial charge >= 0.3 is 0 Å². The van der Waals surface area contributed by atoms with Crippen LogP contribution in [-0.2, 0) is 15.6 Å². The summed E-state index contributed by atoms with van der Waals surface area (Å²) in [5.74, 6) is -0.174. The van der Waals surface area contributed by atoms with Crippen LogP contribution in [0.3, 0.4) is 0 Å². The standard InChI is InChI=1S/C15H14Cl2N2O2S2/c16-12-5-1-10(2-6-12)9-23(20,21)14(19-15(18)22)11-3-7-13(17)8-4-11/h1-8,14H,9H2,(H3,18,19,22)/t14-/m1/s1. The van der Waals surface area contributed by atoms with E-state index >= 15 is 0 Å². The van der Waals surface area contributed by atoms with Gasteiger partial charge in [0.1, 0.15) is 0 Å². The fourth-order valence-corrected chi connectivity index (χ4v) is 4.19. The summed E-state index contributed by atoms with van der Waals surface area (Å²) in [6, 6.07) is 13.1. The molecule has 0 unspecified atom stereocenters. The van der Waals surface area contributed by atoms with E-state index in [1.807, 2.05) is 0 Å². The summed E-state index contributed by atoms with van der Waals surface area (Å²) in [6.07, 6.45) is 0. The van der Waals surface area contributed by atoms with Crippen molar-refractivity contribution in [2.24, 2.45) is 5.73 Å². The average Bonchev–Trinajstić information content (AvgIpc) is 2.48. The lowest BCUT2D eigenvalue weighted by atomic mass is 10.2. The zero-order valence-electron chi connectivity index (χ0n) is 11.9. The van der Waals surface area contributed by atoms with Crippen LogP contribution in [0.25, 0.3) is 0 Å². The molecule has 0 aromatic heterocycles. The highest BCUT2D eigenvalue weighted by molar-refractivity contribution is 7.91. The fourth-order valence-electron chi connectivity index (χ4n) is 2.04. The number of thiocarbonyl (C=S) groups is 1. The minimum atomic E-state index is -3.61. The number of benzene rings is 2. The van der Waals surface area contributed by atoms with Crippen molar-refractivity contribution in [2.45, 2.75) is 11.1 Å². The normalized spacial score (nSPS) is 12.6. The van der Waals surface area contributed by atoms with Crippen LogP contribution in [-0.4, -0.2) is 13.5 Å². The van der Waals surface area contributed by atoms with E-state index in [2.05, 4.69) is 5.32 Å². The molecule has 8 heteroatoms. The molecule has 0 aliphatic carbocycles. The third kappa shape index (κ3) is 5.07. The Labute approximate surface area is 150 Å². The second-order valence-electron chi connectivity index (χ2n) is 4.87. The van der Waals surface area contributed by atoms with Gasteiger partial charge in [-0.05, 0) is 47.6 Å². The summed E-state index contributed by atoms with van der Waals surface area (Å²) >= 11 is 16.5. The van der Waals surface area contributed by atoms with E-state index in [1.165, 1.54) is 0 Å². The molecule has 0 heterocycles. The summed E-state index contributed by atoms with van der Waals surface area (Å²) < 4.78 is 25.5. The van der Waals surface area contributed by atoms with Gasteiger partial charge < -0.3 is 11.1 Å². The number of sulfone groups is 1. The van der Waals surface area contributed by atoms with Gasteiger partial charge in [-0.3, -0.25) is 0 Å². The maximum atomic E-state index is 12.8. The number of hydrogen-bond acceptors (Lipinski definition) is 3. The van der Waals surface area contributed by atoms with Crippen molar-refractivity contribution in [3.63, 3.8) is 0 Å². The third-order valence-electron chi connectivity index (χ3n) is 3.09. The highest BCUT2D eigenvalue weighted by Gasteiger charge is 2.27. The summed E-state index contributed by atoms with van der Waals surface area (Å²) in [6.45, 7) is 0. The second-order valence-corrected chi connectivity index (χ2v) is 8.27. The molecule has 0 aliphatic rings. The molecule has 0 fully saturated rings. The number of nitrogens with two attached hydrogens (primary N) is 1. The average molecular weight is 389 g/mol. The van der Waals surface area contributed by atoms with Crippen LogP contribution in [0.2, 0.25) is 10.0 Å². The molecule has 0 aliphatic heterocycles. The molecule has 23 heavy (non-hydrogen) atoms. The highest BCUT2D eigenvalue weighted by Crippen LogP contribution is 2.25. The molecular weight excluding hydrogens is 375 g/mol. The van der Waals surface area contributed by atoms with Gasteiger partial charge in [-0.2, -0.15) is 0 Å². The molecule has 0 radical (unpaired) electrons. The molecule has 4 nitrogen and oxygen atoms in total. The fraction of sp³-hybridized carbons (Fsp3) is 0.133. The van der Waals surface area contributed by atoms with Crippen LogP contribution in [0.1, 0.15) is 16.5 Å². The predicted molar refractivity (Wildman–Crippen MR) is 98.2 cm³/mol. The first-order valence-corrected chi connectivity index (χ1v) is 9.43. The van der Waals surface area contributed by atoms with Crippen molar-refractivity contribution in [3.05, 3.63) is 69.7 Å². The predicted octanol–water partition coefficient (Wildman–Crippen LogP) is 3.44. The van der Waals surface area contributed by atoms with Crippen molar-refractivity contribution in [3.8, 4) is 0 Å². The van der Waals surface area contributed by atoms with Crippen LogP contribution in [0.4, 0.5) is 0 Å². The number of nitrogens with one attached hydrogen (secondary N) is 1. The van der Waals surface area contributed by atoms with Crippen LogP contribution < -0.4 is 11.1 Å². The minimum Gasteiger partial charge on any atom is -0.376 e. The van der Waals surface area contributed by atoms with Crippen molar-refractivity contribution >= 4 is 50.4 Å². The van der Waals surface area contributed by atoms with Gasteiger partial charge in [0.2, 0.25) is 0 Å². The Morgan fingerprint density at radius 1 is 1.04 bits per heavy atom. The lowest BCUT2D eigenvalue weighted by Gasteiger charge is -2.20. The number of halogens is 2. The summed E-state index contributed by atoms with van der Waals surface area (Å²) in [5, 5.41) is 2.55. The van der Waals surface area contributed by atoms with Gasteiger partial charge in [0, 0.05) is 10.0 Å². The van der Waals surface area contributed by atoms with Gasteiger partial charge in [0.15, 0.2) is 20.3 Å². The van der Waals surface area contributed by atoms with Crippen LogP contribution >= 0.6 is 35.4 Å². The SMILES string of the molecule is NC(=S)N[C@@H](c1ccc(Cl)cc1)S(=O)(=O)Cc1ccc(Cl)cc1. The van der Waals surface area contributed by atoms with E-state index in [9.17, 15) is 8.42 Å². The molecule has 0 saturated heterocycles. The third-order valence-corrected chi connectivity index (χ3v) is 5.55. The molecule has 3 N–H and O–H groups in total. The lowest BCUT2D eigenvalue weighted by molar-refractivity contribution is 0.576. The first kappa shape index (κ1) is 18.0. The van der Waals surface area contributed by atoms with E-state index in [4.69, 9.17) is 41.2 Å². The van der Waals surface area contributed by atoms with Crippen LogP contribution in [0, 0.1) is 0 Å². The van der Waals surface area contributed by atoms with E-state index < -0.39 is 15.2 Å². The minimum absolute atomic E-state index is 0.0929. The molecule has 1 atom stereocenters. The van der Waals surface area contributed by atoms with Gasteiger partial charge in [0.25, 0.3) is 0 Å². The molecule has 0 bridgehead atoms. The lowest BCUT2D eigenvalue weighted by Crippen LogP contribution is -2.37. The molecule has 0 amide bonds. The molecule has 0 spiro atoms. The Hall–Kier alpha value is -1.34. The quantitative estimate of drug-likeness (QED) is 0.767. The Balaban J connectivity index is 2.34. The largest absolute Gasteiger partial charge is 0.376 e. The molecular formula is C15H14Cl2N2O2S2. The van der Waals surface area contributed by atoms with Crippen LogP contribution in [0.15, 0.2) is 48.5 Å². The zero-order chi connectivity index (χ0) is 17.0. The maximum Gasteiger partial charge on any atom is 0.179 e. The smallest absolute Gasteiger partial charge is 0.179 e. The molecule has 2 aromatic carbocycles. The molecule has 2 aromatic rings. The van der Waals surface area contributed by atoms with Gasteiger partial charge in [-0.15, -0.1) is 0 Å². The van der Waals surface area contributed by atoms with Crippen molar-refractivity contribution < 1.29 is 8.42 Å². The van der Waals surface area contributed by atoms with Crippen molar-refractivity contribution in [2.75, 3.05) is 0 Å². The molecule has 2 rings (SSSR count). The molecule has 0 saturated carbocycles. The van der Waals surface area contributed by atoms with Crippen molar-refractivity contribution in [1.29, 1.82) is 0 Å². The Bertz CT molecular complexity index is 791.